The first kappa shape index (κ1) is 20.2. The highest BCUT2D eigenvalue weighted by atomic mass is 19.2. The number of hydrogen-bond donors (Lipinski definition) is 1. The van der Waals surface area contributed by atoms with Crippen molar-refractivity contribution in [3.8, 4) is 5.75 Å². The lowest BCUT2D eigenvalue weighted by atomic mass is 10.0. The fraction of sp³-hybridized carbons (Fsp3) is 0.381. The Kier molecular flexibility index (Phi) is 6.59. The second-order valence-electron chi connectivity index (χ2n) is 6.86. The quantitative estimate of drug-likeness (QED) is 0.780. The van der Waals surface area contributed by atoms with Crippen molar-refractivity contribution in [2.75, 3.05) is 26.2 Å². The number of aryl methyl sites for hydroxylation is 1. The van der Waals surface area contributed by atoms with Gasteiger partial charge in [0.05, 0.1) is 19.1 Å². The highest BCUT2D eigenvalue weighted by Gasteiger charge is 2.23. The summed E-state index contributed by atoms with van der Waals surface area (Å²) >= 11 is 0. The van der Waals surface area contributed by atoms with Crippen molar-refractivity contribution in [1.29, 1.82) is 0 Å². The van der Waals surface area contributed by atoms with Crippen molar-refractivity contribution in [2.24, 2.45) is 0 Å². The Morgan fingerprint density at radius 2 is 2.07 bits per heavy atom. The van der Waals surface area contributed by atoms with Gasteiger partial charge in [-0.15, -0.1) is 0 Å². The number of halogens is 2. The molecular weight excluding hydrogens is 368 g/mol. The summed E-state index contributed by atoms with van der Waals surface area (Å²) in [5, 5.41) is 8.85. The Labute approximate surface area is 162 Å². The van der Waals surface area contributed by atoms with E-state index in [4.69, 9.17) is 14.6 Å². The largest absolute Gasteiger partial charge is 0.489 e. The lowest BCUT2D eigenvalue weighted by Crippen LogP contribution is -2.39. The molecule has 0 saturated carbocycles. The second kappa shape index (κ2) is 9.12. The van der Waals surface area contributed by atoms with E-state index in [0.717, 1.165) is 29.8 Å². The van der Waals surface area contributed by atoms with Crippen LogP contribution in [0.15, 0.2) is 36.4 Å². The van der Waals surface area contributed by atoms with Gasteiger partial charge in [0.2, 0.25) is 0 Å². The van der Waals surface area contributed by atoms with Gasteiger partial charge >= 0.3 is 5.97 Å². The van der Waals surface area contributed by atoms with Crippen LogP contribution in [-0.4, -0.2) is 42.2 Å². The van der Waals surface area contributed by atoms with Crippen LogP contribution in [-0.2, 0) is 16.1 Å². The van der Waals surface area contributed by atoms with Gasteiger partial charge in [0.15, 0.2) is 11.6 Å². The summed E-state index contributed by atoms with van der Waals surface area (Å²) < 4.78 is 37.8. The summed E-state index contributed by atoms with van der Waals surface area (Å²) in [6.07, 6.45) is -0.00887. The molecule has 1 atom stereocenters. The van der Waals surface area contributed by atoms with Gasteiger partial charge in [-0.05, 0) is 47.9 Å². The topological polar surface area (TPSA) is 59.0 Å². The molecule has 1 heterocycles. The molecule has 0 aromatic heterocycles. The van der Waals surface area contributed by atoms with Gasteiger partial charge < -0.3 is 14.6 Å². The van der Waals surface area contributed by atoms with Gasteiger partial charge in [-0.25, -0.2) is 8.78 Å². The van der Waals surface area contributed by atoms with Gasteiger partial charge in [0.1, 0.15) is 12.4 Å². The van der Waals surface area contributed by atoms with E-state index in [9.17, 15) is 13.6 Å². The number of rotatable bonds is 7. The third kappa shape index (κ3) is 5.27. The maximum atomic E-state index is 13.3. The molecule has 7 heteroatoms. The molecule has 0 amide bonds. The van der Waals surface area contributed by atoms with E-state index >= 15 is 0 Å². The third-order valence-electron chi connectivity index (χ3n) is 4.77. The summed E-state index contributed by atoms with van der Waals surface area (Å²) in [4.78, 5) is 12.9. The Bertz CT molecular complexity index is 843. The lowest BCUT2D eigenvalue weighted by molar-refractivity contribution is -0.137. The predicted octanol–water partition coefficient (Wildman–Crippen LogP) is 3.70. The SMILES string of the molecule is Cc1cc(OCc2ccc(F)c(F)c2)ccc1C1CN(CCC(=O)O)CCO1. The van der Waals surface area contributed by atoms with Crippen LogP contribution in [0.25, 0.3) is 0 Å². The number of benzene rings is 2. The minimum Gasteiger partial charge on any atom is -0.489 e. The number of morpholine rings is 1. The molecule has 150 valence electrons. The Morgan fingerprint density at radius 1 is 1.25 bits per heavy atom. The smallest absolute Gasteiger partial charge is 0.304 e. The molecular formula is C21H23F2NO4. The minimum atomic E-state index is -0.894. The zero-order valence-electron chi connectivity index (χ0n) is 15.7. The van der Waals surface area contributed by atoms with E-state index < -0.39 is 17.6 Å². The summed E-state index contributed by atoms with van der Waals surface area (Å²) in [5.41, 5.74) is 2.57. The van der Waals surface area contributed by atoms with Gasteiger partial charge in [-0.2, -0.15) is 0 Å². The zero-order valence-corrected chi connectivity index (χ0v) is 15.7. The maximum Gasteiger partial charge on any atom is 0.304 e. The minimum absolute atomic E-state index is 0.114. The normalized spacial score (nSPS) is 17.5. The fourth-order valence-electron chi connectivity index (χ4n) is 3.24. The van der Waals surface area contributed by atoms with Crippen LogP contribution in [0.1, 0.15) is 29.2 Å². The number of carboxylic acid groups (broad SMARTS) is 1. The van der Waals surface area contributed by atoms with Gasteiger partial charge in [-0.1, -0.05) is 12.1 Å². The standard InChI is InChI=1S/C21H23F2NO4/c1-14-10-16(28-13-15-2-5-18(22)19(23)11-15)3-4-17(14)20-12-24(8-9-27-20)7-6-21(25)26/h2-5,10-11,20H,6-9,12-13H2,1H3,(H,25,26). The summed E-state index contributed by atoms with van der Waals surface area (Å²) in [6, 6.07) is 9.33. The molecule has 1 aliphatic rings. The van der Waals surface area contributed by atoms with Crippen molar-refractivity contribution in [1.82, 2.24) is 4.90 Å². The molecule has 0 radical (unpaired) electrons. The molecule has 0 bridgehead atoms. The Balaban J connectivity index is 1.61. The van der Waals surface area contributed by atoms with E-state index in [1.165, 1.54) is 6.07 Å². The average molecular weight is 391 g/mol. The maximum absolute atomic E-state index is 13.3. The first-order chi connectivity index (χ1) is 13.4. The third-order valence-corrected chi connectivity index (χ3v) is 4.77. The van der Waals surface area contributed by atoms with Crippen molar-refractivity contribution >= 4 is 5.97 Å². The Hall–Kier alpha value is -2.51. The number of hydrogen-bond acceptors (Lipinski definition) is 4. The molecule has 0 spiro atoms. The first-order valence-electron chi connectivity index (χ1n) is 9.15. The van der Waals surface area contributed by atoms with E-state index in [1.807, 2.05) is 25.1 Å². The Morgan fingerprint density at radius 3 is 2.79 bits per heavy atom. The van der Waals surface area contributed by atoms with Gasteiger partial charge in [0, 0.05) is 19.6 Å². The van der Waals surface area contributed by atoms with Crippen molar-refractivity contribution in [3.05, 3.63) is 64.7 Å². The molecule has 3 rings (SSSR count). The molecule has 1 N–H and O–H groups in total. The number of ether oxygens (including phenoxy) is 2. The molecule has 1 saturated heterocycles. The van der Waals surface area contributed by atoms with Gasteiger partial charge in [-0.3, -0.25) is 9.69 Å². The van der Waals surface area contributed by atoms with Crippen LogP contribution < -0.4 is 4.74 Å². The molecule has 1 aliphatic heterocycles. The monoisotopic (exact) mass is 391 g/mol. The zero-order chi connectivity index (χ0) is 20.1. The summed E-state index contributed by atoms with van der Waals surface area (Å²) in [5.74, 6) is -1.95. The van der Waals surface area contributed by atoms with E-state index in [0.29, 0.717) is 31.0 Å². The van der Waals surface area contributed by atoms with Crippen molar-refractivity contribution < 1.29 is 28.2 Å². The van der Waals surface area contributed by atoms with Crippen molar-refractivity contribution in [3.63, 3.8) is 0 Å². The van der Waals surface area contributed by atoms with E-state index in [-0.39, 0.29) is 19.1 Å². The second-order valence-corrected chi connectivity index (χ2v) is 6.86. The van der Waals surface area contributed by atoms with Crippen LogP contribution in [0.2, 0.25) is 0 Å². The summed E-state index contributed by atoms with van der Waals surface area (Å²) in [6.45, 7) is 4.52. The first-order valence-corrected chi connectivity index (χ1v) is 9.15. The number of nitrogens with zero attached hydrogens (tertiary/aromatic N) is 1. The van der Waals surface area contributed by atoms with Crippen LogP contribution in [0.3, 0.4) is 0 Å². The average Bonchev–Trinajstić information content (AvgIpc) is 2.67. The van der Waals surface area contributed by atoms with Crippen LogP contribution in [0, 0.1) is 18.6 Å². The summed E-state index contributed by atoms with van der Waals surface area (Å²) in [7, 11) is 0. The number of carboxylic acids is 1. The fourth-order valence-corrected chi connectivity index (χ4v) is 3.24. The van der Waals surface area contributed by atoms with Crippen molar-refractivity contribution in [2.45, 2.75) is 26.1 Å². The van der Waals surface area contributed by atoms with Crippen LogP contribution in [0.5, 0.6) is 5.75 Å². The molecule has 1 fully saturated rings. The molecule has 28 heavy (non-hydrogen) atoms. The predicted molar refractivity (Wildman–Crippen MR) is 99.3 cm³/mol. The number of aliphatic carboxylic acids is 1. The van der Waals surface area contributed by atoms with Gasteiger partial charge in [0.25, 0.3) is 0 Å². The van der Waals surface area contributed by atoms with E-state index in [1.54, 1.807) is 0 Å². The molecule has 5 nitrogen and oxygen atoms in total. The highest BCUT2D eigenvalue weighted by molar-refractivity contribution is 5.66. The molecule has 2 aromatic carbocycles. The lowest BCUT2D eigenvalue weighted by Gasteiger charge is -2.33. The van der Waals surface area contributed by atoms with Crippen LogP contribution >= 0.6 is 0 Å². The van der Waals surface area contributed by atoms with Crippen LogP contribution in [0.4, 0.5) is 8.78 Å². The number of carbonyl (C=O) groups is 1. The van der Waals surface area contributed by atoms with E-state index in [2.05, 4.69) is 4.90 Å². The molecule has 2 aromatic rings. The molecule has 1 unspecified atom stereocenters. The highest BCUT2D eigenvalue weighted by Crippen LogP contribution is 2.28. The molecule has 0 aliphatic carbocycles.